The highest BCUT2D eigenvalue weighted by Gasteiger charge is 2.19. The summed E-state index contributed by atoms with van der Waals surface area (Å²) in [6.45, 7) is 1.56. The van der Waals surface area contributed by atoms with Crippen molar-refractivity contribution in [3.63, 3.8) is 0 Å². The number of amides is 2. The minimum Gasteiger partial charge on any atom is -0.378 e. The molecule has 1 saturated heterocycles. The Kier molecular flexibility index (Phi) is 6.42. The normalized spacial score (nSPS) is 14.2. The summed E-state index contributed by atoms with van der Waals surface area (Å²) in [5.74, 6) is -0.334. The molecule has 0 bridgehead atoms. The van der Waals surface area contributed by atoms with Crippen LogP contribution in [0.5, 0.6) is 0 Å². The van der Waals surface area contributed by atoms with E-state index in [-0.39, 0.29) is 11.8 Å². The Labute approximate surface area is 162 Å². The zero-order valence-corrected chi connectivity index (χ0v) is 15.8. The van der Waals surface area contributed by atoms with Crippen molar-refractivity contribution in [3.05, 3.63) is 64.2 Å². The molecule has 7 heteroatoms. The van der Waals surface area contributed by atoms with Gasteiger partial charge in [-0.2, -0.15) is 0 Å². The summed E-state index contributed by atoms with van der Waals surface area (Å²) in [4.78, 5) is 18.4. The van der Waals surface area contributed by atoms with Gasteiger partial charge in [0.25, 0.3) is 0 Å². The van der Waals surface area contributed by atoms with Crippen LogP contribution < -0.4 is 5.32 Å². The van der Waals surface area contributed by atoms with Crippen LogP contribution in [0.3, 0.4) is 0 Å². The molecule has 0 aliphatic carbocycles. The molecule has 0 unspecified atom stereocenters. The van der Waals surface area contributed by atoms with E-state index in [1.807, 2.05) is 6.08 Å². The fourth-order valence-electron chi connectivity index (χ4n) is 2.97. The van der Waals surface area contributed by atoms with Crippen molar-refractivity contribution in [2.75, 3.05) is 25.5 Å². The first-order valence-electron chi connectivity index (χ1n) is 8.69. The number of aromatic nitrogens is 1. The van der Waals surface area contributed by atoms with Crippen LogP contribution >= 0.6 is 11.6 Å². The number of carbonyl (C=O) groups is 1. The largest absolute Gasteiger partial charge is 0.378 e. The lowest BCUT2D eigenvalue weighted by Crippen LogP contribution is -2.39. The Morgan fingerprint density at radius 1 is 1.33 bits per heavy atom. The standard InChI is InChI=1S/C20H21ClFN3O2/c1-27-13-18-12-17(4-7-23-18)24-20(26)25-8-5-14(6-9-25)10-15-2-3-16(21)11-19(15)22/h2-4,7,10-12H,5-6,8-9,13H2,1H3,(H,23,24,26). The summed E-state index contributed by atoms with van der Waals surface area (Å²) in [7, 11) is 1.60. The van der Waals surface area contributed by atoms with Gasteiger partial charge < -0.3 is 15.0 Å². The maximum absolute atomic E-state index is 13.9. The molecule has 0 spiro atoms. The number of halogens is 2. The summed E-state index contributed by atoms with van der Waals surface area (Å²) in [6.07, 6.45) is 4.91. The van der Waals surface area contributed by atoms with E-state index in [1.165, 1.54) is 6.07 Å². The van der Waals surface area contributed by atoms with Crippen molar-refractivity contribution in [1.82, 2.24) is 9.88 Å². The van der Waals surface area contributed by atoms with E-state index in [1.54, 1.807) is 42.5 Å². The number of methoxy groups -OCH3 is 1. The molecule has 2 amide bonds. The Morgan fingerprint density at radius 3 is 2.81 bits per heavy atom. The van der Waals surface area contributed by atoms with Gasteiger partial charge in [-0.25, -0.2) is 9.18 Å². The van der Waals surface area contributed by atoms with E-state index in [9.17, 15) is 9.18 Å². The van der Waals surface area contributed by atoms with Gasteiger partial charge in [-0.3, -0.25) is 4.98 Å². The van der Waals surface area contributed by atoms with Crippen molar-refractivity contribution >= 4 is 29.4 Å². The van der Waals surface area contributed by atoms with E-state index < -0.39 is 0 Å². The van der Waals surface area contributed by atoms with Gasteiger partial charge >= 0.3 is 6.03 Å². The number of nitrogens with one attached hydrogen (secondary N) is 1. The third-order valence-electron chi connectivity index (χ3n) is 4.38. The summed E-state index contributed by atoms with van der Waals surface area (Å²) in [6, 6.07) is 8.04. The first-order valence-corrected chi connectivity index (χ1v) is 9.07. The third-order valence-corrected chi connectivity index (χ3v) is 4.61. The van der Waals surface area contributed by atoms with Crippen LogP contribution in [0.2, 0.25) is 5.02 Å². The number of rotatable bonds is 4. The van der Waals surface area contributed by atoms with Crippen molar-refractivity contribution in [2.24, 2.45) is 0 Å². The molecule has 1 N–H and O–H groups in total. The first-order chi connectivity index (χ1) is 13.0. The Balaban J connectivity index is 1.57. The van der Waals surface area contributed by atoms with Crippen LogP contribution in [-0.2, 0) is 11.3 Å². The van der Waals surface area contributed by atoms with E-state index >= 15 is 0 Å². The molecule has 142 valence electrons. The topological polar surface area (TPSA) is 54.5 Å². The fourth-order valence-corrected chi connectivity index (χ4v) is 3.12. The van der Waals surface area contributed by atoms with E-state index in [0.29, 0.717) is 48.8 Å². The second-order valence-electron chi connectivity index (χ2n) is 6.35. The van der Waals surface area contributed by atoms with Crippen molar-refractivity contribution in [2.45, 2.75) is 19.4 Å². The number of ether oxygens (including phenoxy) is 1. The maximum atomic E-state index is 13.9. The summed E-state index contributed by atoms with van der Waals surface area (Å²) in [5.41, 5.74) is 3.08. The second-order valence-corrected chi connectivity index (χ2v) is 6.79. The number of urea groups is 1. The quantitative estimate of drug-likeness (QED) is 0.822. The molecule has 1 aromatic heterocycles. The second kappa shape index (κ2) is 8.97. The molecule has 0 saturated carbocycles. The van der Waals surface area contributed by atoms with Crippen LogP contribution in [0.1, 0.15) is 24.1 Å². The van der Waals surface area contributed by atoms with Gasteiger partial charge in [-0.15, -0.1) is 0 Å². The zero-order valence-electron chi connectivity index (χ0n) is 15.0. The van der Waals surface area contributed by atoms with E-state index in [2.05, 4.69) is 10.3 Å². The molecule has 1 aliphatic heterocycles. The molecule has 0 atom stereocenters. The van der Waals surface area contributed by atoms with Gasteiger partial charge in [-0.05, 0) is 37.1 Å². The van der Waals surface area contributed by atoms with Crippen LogP contribution in [0.4, 0.5) is 14.9 Å². The number of likely N-dealkylation sites (tertiary alicyclic amines) is 1. The molecular formula is C20H21ClFN3O2. The van der Waals surface area contributed by atoms with Gasteiger partial charge in [0.15, 0.2) is 0 Å². The predicted octanol–water partition coefficient (Wildman–Crippen LogP) is 4.73. The highest BCUT2D eigenvalue weighted by molar-refractivity contribution is 6.30. The number of piperidine rings is 1. The number of hydrogen-bond donors (Lipinski definition) is 1. The van der Waals surface area contributed by atoms with E-state index in [4.69, 9.17) is 16.3 Å². The number of nitrogens with zero attached hydrogens (tertiary/aromatic N) is 2. The lowest BCUT2D eigenvalue weighted by molar-refractivity contribution is 0.181. The van der Waals surface area contributed by atoms with Crippen molar-refractivity contribution in [1.29, 1.82) is 0 Å². The molecular weight excluding hydrogens is 369 g/mol. The van der Waals surface area contributed by atoms with Gasteiger partial charge in [-0.1, -0.05) is 29.3 Å². The van der Waals surface area contributed by atoms with Gasteiger partial charge in [0.1, 0.15) is 5.82 Å². The van der Waals surface area contributed by atoms with E-state index in [0.717, 1.165) is 11.3 Å². The zero-order chi connectivity index (χ0) is 19.2. The monoisotopic (exact) mass is 389 g/mol. The molecule has 27 heavy (non-hydrogen) atoms. The highest BCUT2D eigenvalue weighted by atomic mass is 35.5. The number of carbonyl (C=O) groups excluding carboxylic acids is 1. The minimum absolute atomic E-state index is 0.152. The molecule has 5 nitrogen and oxygen atoms in total. The minimum atomic E-state index is -0.334. The maximum Gasteiger partial charge on any atom is 0.321 e. The van der Waals surface area contributed by atoms with Crippen LogP contribution in [-0.4, -0.2) is 36.1 Å². The molecule has 1 aliphatic rings. The molecule has 3 rings (SSSR count). The molecule has 2 heterocycles. The van der Waals surface area contributed by atoms with Crippen molar-refractivity contribution < 1.29 is 13.9 Å². The number of hydrogen-bond acceptors (Lipinski definition) is 3. The summed E-state index contributed by atoms with van der Waals surface area (Å²) in [5, 5.41) is 3.27. The molecule has 0 radical (unpaired) electrons. The third kappa shape index (κ3) is 5.28. The number of pyridine rings is 1. The first kappa shape index (κ1) is 19.3. The predicted molar refractivity (Wildman–Crippen MR) is 104 cm³/mol. The van der Waals surface area contributed by atoms with Crippen molar-refractivity contribution in [3.8, 4) is 0 Å². The lowest BCUT2D eigenvalue weighted by atomic mass is 10.0. The highest BCUT2D eigenvalue weighted by Crippen LogP contribution is 2.23. The Bertz CT molecular complexity index is 847. The molecule has 2 aromatic rings. The van der Waals surface area contributed by atoms with Gasteiger partial charge in [0.05, 0.1) is 12.3 Å². The molecule has 1 aromatic carbocycles. The Morgan fingerprint density at radius 2 is 2.11 bits per heavy atom. The van der Waals surface area contributed by atoms with Crippen LogP contribution in [0, 0.1) is 5.82 Å². The average Bonchev–Trinajstić information content (AvgIpc) is 2.65. The summed E-state index contributed by atoms with van der Waals surface area (Å²) < 4.78 is 19.0. The van der Waals surface area contributed by atoms with Crippen LogP contribution in [0.25, 0.3) is 6.08 Å². The smallest absolute Gasteiger partial charge is 0.321 e. The summed E-state index contributed by atoms with van der Waals surface area (Å²) >= 11 is 5.78. The number of benzene rings is 1. The lowest BCUT2D eigenvalue weighted by Gasteiger charge is -2.28. The van der Waals surface area contributed by atoms with Crippen LogP contribution in [0.15, 0.2) is 42.1 Å². The SMILES string of the molecule is COCc1cc(NC(=O)N2CCC(=Cc3ccc(Cl)cc3F)CC2)ccn1. The van der Waals surface area contributed by atoms with Gasteiger partial charge in [0, 0.05) is 42.7 Å². The Hall–Kier alpha value is -2.44. The number of anilines is 1. The average molecular weight is 390 g/mol. The van der Waals surface area contributed by atoms with Gasteiger partial charge in [0.2, 0.25) is 0 Å². The molecule has 1 fully saturated rings. The fraction of sp³-hybridized carbons (Fsp3) is 0.300.